The Kier molecular flexibility index (Phi) is 12.6. The molecule has 13 nitrogen and oxygen atoms in total. The van der Waals surface area contributed by atoms with E-state index in [1.54, 1.807) is 0 Å². The molecular weight excluding hydrogens is 558 g/mol. The zero-order valence-electron chi connectivity index (χ0n) is 24.1. The van der Waals surface area contributed by atoms with Crippen LogP contribution in [0.5, 0.6) is 0 Å². The highest BCUT2D eigenvalue weighted by Gasteiger charge is 2.37. The fraction of sp³-hybridized carbons (Fsp3) is 0.300. The van der Waals surface area contributed by atoms with Gasteiger partial charge in [-0.1, -0.05) is 18.2 Å². The van der Waals surface area contributed by atoms with E-state index >= 15 is 0 Å². The first kappa shape index (κ1) is 34.2. The molecule has 1 aliphatic heterocycles. The lowest BCUT2D eigenvalue weighted by Gasteiger charge is -2.22. The molecule has 1 fully saturated rings. The number of imide groups is 1. The van der Waals surface area contributed by atoms with Gasteiger partial charge in [-0.05, 0) is 74.3 Å². The van der Waals surface area contributed by atoms with Gasteiger partial charge in [0, 0.05) is 54.3 Å². The first-order valence-electron chi connectivity index (χ1n) is 13.3. The Morgan fingerprint density at radius 1 is 1.00 bits per heavy atom. The first-order valence-corrected chi connectivity index (χ1v) is 13.3. The minimum Gasteiger partial charge on any atom is -0.478 e. The van der Waals surface area contributed by atoms with Crippen molar-refractivity contribution in [1.29, 1.82) is 0 Å². The maximum absolute atomic E-state index is 12.6. The van der Waals surface area contributed by atoms with E-state index in [0.717, 1.165) is 47.1 Å². The number of carbonyl (C=O) groups excluding carboxylic acids is 3. The van der Waals surface area contributed by atoms with Gasteiger partial charge >= 0.3 is 18.0 Å². The van der Waals surface area contributed by atoms with E-state index in [1.807, 2.05) is 42.6 Å². The van der Waals surface area contributed by atoms with Gasteiger partial charge in [0.1, 0.15) is 6.04 Å². The Balaban J connectivity index is 0.000000632. The second-order valence-electron chi connectivity index (χ2n) is 10.1. The lowest BCUT2D eigenvalue weighted by Crippen LogP contribution is -2.35. The van der Waals surface area contributed by atoms with Crippen molar-refractivity contribution >= 4 is 46.4 Å². The molecule has 2 aromatic carbocycles. The van der Waals surface area contributed by atoms with Gasteiger partial charge in [-0.2, -0.15) is 0 Å². The highest BCUT2D eigenvalue weighted by Crippen LogP contribution is 2.31. The SMILES string of the molecule is CC(=O)Nc1ccc(CCC(c2ccc3[nH]cc(CCN(C)C)c3c2)C2NC(=O)NC2=O)cc1.O.O=C(O)C=CC(=O)O. The number of H-pyrrole nitrogens is 1. The summed E-state index contributed by atoms with van der Waals surface area (Å²) in [5, 5.41) is 24.7. The molecule has 43 heavy (non-hydrogen) atoms. The van der Waals surface area contributed by atoms with Crippen LogP contribution in [0.2, 0.25) is 0 Å². The second-order valence-corrected chi connectivity index (χ2v) is 10.1. The zero-order chi connectivity index (χ0) is 30.8. The van der Waals surface area contributed by atoms with Crippen LogP contribution in [0.4, 0.5) is 10.5 Å². The van der Waals surface area contributed by atoms with Crippen LogP contribution in [0.1, 0.15) is 36.0 Å². The average Bonchev–Trinajstić information content (AvgIpc) is 3.48. The predicted octanol–water partition coefficient (Wildman–Crippen LogP) is 2.04. The van der Waals surface area contributed by atoms with Gasteiger partial charge < -0.3 is 36.2 Å². The summed E-state index contributed by atoms with van der Waals surface area (Å²) in [7, 11) is 4.11. The molecule has 1 saturated heterocycles. The smallest absolute Gasteiger partial charge is 0.328 e. The van der Waals surface area contributed by atoms with Gasteiger partial charge in [0.2, 0.25) is 5.91 Å². The summed E-state index contributed by atoms with van der Waals surface area (Å²) in [4.78, 5) is 60.3. The Bertz CT molecular complexity index is 1460. The molecule has 4 amide bonds. The van der Waals surface area contributed by atoms with Crippen molar-refractivity contribution in [3.8, 4) is 0 Å². The number of nitrogens with zero attached hydrogens (tertiary/aromatic N) is 1. The number of urea groups is 1. The number of anilines is 1. The summed E-state index contributed by atoms with van der Waals surface area (Å²) in [6.45, 7) is 2.42. The highest BCUT2D eigenvalue weighted by atomic mass is 16.4. The lowest BCUT2D eigenvalue weighted by molar-refractivity contribution is -0.134. The molecule has 0 aliphatic carbocycles. The molecule has 3 aromatic rings. The molecule has 1 aliphatic rings. The van der Waals surface area contributed by atoms with E-state index in [0.29, 0.717) is 18.6 Å². The van der Waals surface area contributed by atoms with Crippen molar-refractivity contribution in [2.24, 2.45) is 0 Å². The number of rotatable bonds is 11. The standard InChI is InChI=1S/C26H31N5O3.C4H4O4.H2O/c1-16(32)28-20-8-4-17(5-9-20)6-10-21(24-25(33)30-26(34)29-24)18-7-11-23-22(14-18)19(15-27-23)12-13-31(2)3;5-3(6)1-2-4(7)8;/h4-5,7-9,11,14-15,21,24,27H,6,10,12-13H2,1-3H3,(H,28,32)(H2,29,30,33,34);1-2H,(H,5,6)(H,7,8);1H2. The summed E-state index contributed by atoms with van der Waals surface area (Å²) in [6.07, 6.45) is 5.49. The van der Waals surface area contributed by atoms with E-state index in [9.17, 15) is 24.0 Å². The molecule has 13 heteroatoms. The topological polar surface area (TPSA) is 212 Å². The molecule has 2 unspecified atom stereocenters. The number of aromatic amines is 1. The Hall–Kier alpha value is -5.01. The lowest BCUT2D eigenvalue weighted by atomic mass is 9.85. The third kappa shape index (κ3) is 10.4. The van der Waals surface area contributed by atoms with Crippen LogP contribution in [0.3, 0.4) is 0 Å². The van der Waals surface area contributed by atoms with Crippen LogP contribution < -0.4 is 16.0 Å². The van der Waals surface area contributed by atoms with Crippen molar-refractivity contribution in [2.75, 3.05) is 26.0 Å². The largest absolute Gasteiger partial charge is 0.478 e. The Morgan fingerprint density at radius 3 is 2.19 bits per heavy atom. The van der Waals surface area contributed by atoms with Crippen molar-refractivity contribution in [3.63, 3.8) is 0 Å². The summed E-state index contributed by atoms with van der Waals surface area (Å²) in [5.41, 5.74) is 5.16. The number of likely N-dealkylation sites (N-methyl/N-ethyl adjacent to an activating group) is 1. The normalized spacial score (nSPS) is 14.8. The Labute approximate surface area is 248 Å². The van der Waals surface area contributed by atoms with Crippen LogP contribution in [0, 0.1) is 0 Å². The summed E-state index contributed by atoms with van der Waals surface area (Å²) >= 11 is 0. The third-order valence-corrected chi connectivity index (χ3v) is 6.64. The first-order chi connectivity index (χ1) is 19.9. The number of fused-ring (bicyclic) bond motifs is 1. The molecule has 0 spiro atoms. The van der Waals surface area contributed by atoms with E-state index in [-0.39, 0.29) is 23.2 Å². The van der Waals surface area contributed by atoms with Crippen LogP contribution in [0.15, 0.2) is 60.8 Å². The average molecular weight is 596 g/mol. The third-order valence-electron chi connectivity index (χ3n) is 6.64. The second kappa shape index (κ2) is 15.8. The zero-order valence-corrected chi connectivity index (χ0v) is 24.1. The summed E-state index contributed by atoms with van der Waals surface area (Å²) in [6, 6.07) is 12.9. The highest BCUT2D eigenvalue weighted by molar-refractivity contribution is 6.04. The number of benzene rings is 2. The van der Waals surface area contributed by atoms with Crippen molar-refractivity contribution in [2.45, 2.75) is 38.1 Å². The van der Waals surface area contributed by atoms with Crippen molar-refractivity contribution < 1.29 is 39.7 Å². The molecule has 2 atom stereocenters. The minimum atomic E-state index is -1.26. The van der Waals surface area contributed by atoms with Crippen molar-refractivity contribution in [3.05, 3.63) is 77.5 Å². The fourth-order valence-electron chi connectivity index (χ4n) is 4.64. The number of aliphatic carboxylic acids is 2. The van der Waals surface area contributed by atoms with Gasteiger partial charge in [0.05, 0.1) is 0 Å². The van der Waals surface area contributed by atoms with E-state index in [1.165, 1.54) is 12.5 Å². The molecule has 230 valence electrons. The van der Waals surface area contributed by atoms with E-state index < -0.39 is 24.0 Å². The van der Waals surface area contributed by atoms with Gasteiger partial charge in [0.25, 0.3) is 5.91 Å². The molecule has 1 aromatic heterocycles. The quantitative estimate of drug-likeness (QED) is 0.142. The molecule has 2 heterocycles. The Morgan fingerprint density at radius 2 is 1.65 bits per heavy atom. The monoisotopic (exact) mass is 595 g/mol. The fourth-order valence-corrected chi connectivity index (χ4v) is 4.64. The molecule has 0 bridgehead atoms. The van der Waals surface area contributed by atoms with Gasteiger partial charge in [-0.25, -0.2) is 14.4 Å². The molecule has 8 N–H and O–H groups in total. The molecular formula is C30H37N5O8. The summed E-state index contributed by atoms with van der Waals surface area (Å²) in [5.74, 6) is -3.10. The maximum atomic E-state index is 12.6. The van der Waals surface area contributed by atoms with Gasteiger partial charge in [-0.3, -0.25) is 14.9 Å². The van der Waals surface area contributed by atoms with Gasteiger partial charge in [0.15, 0.2) is 0 Å². The number of hydrogen-bond acceptors (Lipinski definition) is 6. The maximum Gasteiger partial charge on any atom is 0.328 e. The number of aryl methyl sites for hydroxylation is 1. The van der Waals surface area contributed by atoms with Crippen molar-refractivity contribution in [1.82, 2.24) is 20.5 Å². The molecule has 4 rings (SSSR count). The van der Waals surface area contributed by atoms with Crippen LogP contribution in [-0.2, 0) is 32.0 Å². The molecule has 0 radical (unpaired) electrons. The number of nitrogens with one attached hydrogen (secondary N) is 4. The molecule has 0 saturated carbocycles. The number of carboxylic acid groups (broad SMARTS) is 2. The van der Waals surface area contributed by atoms with Crippen LogP contribution >= 0.6 is 0 Å². The van der Waals surface area contributed by atoms with E-state index in [4.69, 9.17) is 10.2 Å². The summed E-state index contributed by atoms with van der Waals surface area (Å²) < 4.78 is 0. The number of hydrogen-bond donors (Lipinski definition) is 6. The van der Waals surface area contributed by atoms with E-state index in [2.05, 4.69) is 46.0 Å². The number of amides is 4. The number of carboxylic acids is 2. The number of aromatic nitrogens is 1. The predicted molar refractivity (Wildman–Crippen MR) is 161 cm³/mol. The number of carbonyl (C=O) groups is 5. The van der Waals surface area contributed by atoms with Crippen LogP contribution in [0.25, 0.3) is 10.9 Å². The minimum absolute atomic E-state index is 0. The van der Waals surface area contributed by atoms with Gasteiger partial charge in [-0.15, -0.1) is 0 Å². The van der Waals surface area contributed by atoms with Crippen LogP contribution in [-0.4, -0.2) is 82.0 Å².